The van der Waals surface area contributed by atoms with Crippen LogP contribution in [0, 0.1) is 5.92 Å². The number of likely N-dealkylation sites (N-methyl/N-ethyl adjacent to an activating group) is 1. The molecule has 20 heavy (non-hydrogen) atoms. The summed E-state index contributed by atoms with van der Waals surface area (Å²) in [6, 6.07) is 6.95. The van der Waals surface area contributed by atoms with Crippen molar-refractivity contribution in [1.29, 1.82) is 0 Å². The standard InChI is InChI=1S/C15H21N3O2/c1-10-7-8-17-13(10)15(20)18(2)9-11-3-5-12(6-4-11)14(16)19/h3-6,10,13,17H,7-9H2,1-2H3,(H2,16,19). The minimum Gasteiger partial charge on any atom is -0.366 e. The third kappa shape index (κ3) is 3.17. The predicted molar refractivity (Wildman–Crippen MR) is 77.0 cm³/mol. The van der Waals surface area contributed by atoms with E-state index in [1.54, 1.807) is 24.1 Å². The van der Waals surface area contributed by atoms with Gasteiger partial charge in [-0.25, -0.2) is 0 Å². The molecule has 3 N–H and O–H groups in total. The summed E-state index contributed by atoms with van der Waals surface area (Å²) in [6.45, 7) is 3.53. The molecule has 2 rings (SSSR count). The monoisotopic (exact) mass is 275 g/mol. The van der Waals surface area contributed by atoms with Crippen molar-refractivity contribution in [2.24, 2.45) is 11.7 Å². The van der Waals surface area contributed by atoms with Gasteiger partial charge in [0, 0.05) is 19.2 Å². The van der Waals surface area contributed by atoms with Crippen LogP contribution in [0.15, 0.2) is 24.3 Å². The lowest BCUT2D eigenvalue weighted by Crippen LogP contribution is -2.43. The summed E-state index contributed by atoms with van der Waals surface area (Å²) in [5, 5.41) is 3.24. The van der Waals surface area contributed by atoms with Crippen molar-refractivity contribution in [1.82, 2.24) is 10.2 Å². The zero-order chi connectivity index (χ0) is 14.7. The van der Waals surface area contributed by atoms with Crippen molar-refractivity contribution in [2.45, 2.75) is 25.9 Å². The Labute approximate surface area is 119 Å². The molecule has 2 amide bonds. The highest BCUT2D eigenvalue weighted by Gasteiger charge is 2.31. The first-order valence-electron chi connectivity index (χ1n) is 6.86. The lowest BCUT2D eigenvalue weighted by Gasteiger charge is -2.23. The van der Waals surface area contributed by atoms with Gasteiger partial charge in [0.15, 0.2) is 0 Å². The van der Waals surface area contributed by atoms with Gasteiger partial charge in [0.1, 0.15) is 0 Å². The molecule has 0 bridgehead atoms. The van der Waals surface area contributed by atoms with E-state index in [0.29, 0.717) is 18.0 Å². The molecule has 1 aromatic carbocycles. The van der Waals surface area contributed by atoms with E-state index in [0.717, 1.165) is 18.5 Å². The average molecular weight is 275 g/mol. The Morgan fingerprint density at radius 3 is 2.50 bits per heavy atom. The van der Waals surface area contributed by atoms with Crippen LogP contribution in [0.2, 0.25) is 0 Å². The first-order chi connectivity index (χ1) is 9.49. The number of hydrogen-bond acceptors (Lipinski definition) is 3. The quantitative estimate of drug-likeness (QED) is 0.851. The number of primary amides is 1. The van der Waals surface area contributed by atoms with Gasteiger partial charge in [-0.1, -0.05) is 19.1 Å². The normalized spacial score (nSPS) is 21.7. The molecule has 5 heteroatoms. The highest BCUT2D eigenvalue weighted by Crippen LogP contribution is 2.17. The van der Waals surface area contributed by atoms with Crippen molar-refractivity contribution >= 4 is 11.8 Å². The Morgan fingerprint density at radius 2 is 2.00 bits per heavy atom. The molecule has 2 atom stereocenters. The van der Waals surface area contributed by atoms with Gasteiger partial charge in [-0.3, -0.25) is 9.59 Å². The summed E-state index contributed by atoms with van der Waals surface area (Å²) in [5.74, 6) is 0.0566. The molecule has 1 fully saturated rings. The number of nitrogens with one attached hydrogen (secondary N) is 1. The average Bonchev–Trinajstić information content (AvgIpc) is 2.84. The molecule has 1 aliphatic heterocycles. The molecule has 1 saturated heterocycles. The van der Waals surface area contributed by atoms with Crippen LogP contribution in [0.25, 0.3) is 0 Å². The smallest absolute Gasteiger partial charge is 0.248 e. The molecule has 1 heterocycles. The molecule has 0 saturated carbocycles. The second-order valence-corrected chi connectivity index (χ2v) is 5.45. The van der Waals surface area contributed by atoms with Crippen LogP contribution in [0.4, 0.5) is 0 Å². The Balaban J connectivity index is 1.98. The van der Waals surface area contributed by atoms with Crippen molar-refractivity contribution in [3.8, 4) is 0 Å². The zero-order valence-corrected chi connectivity index (χ0v) is 11.9. The number of rotatable bonds is 4. The van der Waals surface area contributed by atoms with E-state index in [-0.39, 0.29) is 11.9 Å². The maximum absolute atomic E-state index is 12.3. The fourth-order valence-corrected chi connectivity index (χ4v) is 2.53. The Hall–Kier alpha value is -1.88. The SMILES string of the molecule is CC1CCNC1C(=O)N(C)Cc1ccc(C(N)=O)cc1. The fourth-order valence-electron chi connectivity index (χ4n) is 2.53. The van der Waals surface area contributed by atoms with Gasteiger partial charge in [0.25, 0.3) is 0 Å². The molecule has 0 aliphatic carbocycles. The third-order valence-electron chi connectivity index (χ3n) is 3.83. The van der Waals surface area contributed by atoms with Crippen LogP contribution in [0.3, 0.4) is 0 Å². The number of nitrogens with zero attached hydrogens (tertiary/aromatic N) is 1. The van der Waals surface area contributed by atoms with Gasteiger partial charge >= 0.3 is 0 Å². The second kappa shape index (κ2) is 6.05. The van der Waals surface area contributed by atoms with Crippen LogP contribution >= 0.6 is 0 Å². The molecule has 1 aromatic rings. The Morgan fingerprint density at radius 1 is 1.35 bits per heavy atom. The van der Waals surface area contributed by atoms with Crippen molar-refractivity contribution in [2.75, 3.05) is 13.6 Å². The third-order valence-corrected chi connectivity index (χ3v) is 3.83. The van der Waals surface area contributed by atoms with Crippen LogP contribution in [-0.2, 0) is 11.3 Å². The van der Waals surface area contributed by atoms with E-state index >= 15 is 0 Å². The lowest BCUT2D eigenvalue weighted by atomic mass is 10.0. The van der Waals surface area contributed by atoms with E-state index < -0.39 is 5.91 Å². The van der Waals surface area contributed by atoms with Gasteiger partial charge in [0.2, 0.25) is 11.8 Å². The van der Waals surface area contributed by atoms with Crippen LogP contribution in [0.1, 0.15) is 29.3 Å². The molecule has 0 spiro atoms. The maximum Gasteiger partial charge on any atom is 0.248 e. The molecule has 108 valence electrons. The highest BCUT2D eigenvalue weighted by molar-refractivity contribution is 5.92. The molecule has 2 unspecified atom stereocenters. The molecule has 5 nitrogen and oxygen atoms in total. The van der Waals surface area contributed by atoms with E-state index in [1.165, 1.54) is 0 Å². The van der Waals surface area contributed by atoms with E-state index in [4.69, 9.17) is 5.73 Å². The fraction of sp³-hybridized carbons (Fsp3) is 0.467. The molecular weight excluding hydrogens is 254 g/mol. The number of carbonyl (C=O) groups is 2. The number of hydrogen-bond donors (Lipinski definition) is 2. The number of benzene rings is 1. The van der Waals surface area contributed by atoms with E-state index in [1.807, 2.05) is 12.1 Å². The maximum atomic E-state index is 12.3. The van der Waals surface area contributed by atoms with E-state index in [9.17, 15) is 9.59 Å². The molecule has 1 aliphatic rings. The first-order valence-corrected chi connectivity index (χ1v) is 6.86. The van der Waals surface area contributed by atoms with Gasteiger partial charge in [-0.15, -0.1) is 0 Å². The summed E-state index contributed by atoms with van der Waals surface area (Å²) in [7, 11) is 1.80. The summed E-state index contributed by atoms with van der Waals surface area (Å²) >= 11 is 0. The number of amides is 2. The summed E-state index contributed by atoms with van der Waals surface area (Å²) in [5.41, 5.74) is 6.66. The van der Waals surface area contributed by atoms with Gasteiger partial charge < -0.3 is 16.0 Å². The van der Waals surface area contributed by atoms with Crippen LogP contribution < -0.4 is 11.1 Å². The first kappa shape index (κ1) is 14.5. The number of nitrogens with two attached hydrogens (primary N) is 1. The van der Waals surface area contributed by atoms with Gasteiger partial charge in [0.05, 0.1) is 6.04 Å². The minimum atomic E-state index is -0.440. The topological polar surface area (TPSA) is 75.4 Å². The van der Waals surface area contributed by atoms with Gasteiger partial charge in [-0.2, -0.15) is 0 Å². The summed E-state index contributed by atoms with van der Waals surface area (Å²) < 4.78 is 0. The molecular formula is C15H21N3O2. The number of carbonyl (C=O) groups excluding carboxylic acids is 2. The summed E-state index contributed by atoms with van der Waals surface area (Å²) in [4.78, 5) is 25.0. The Kier molecular flexibility index (Phi) is 4.39. The van der Waals surface area contributed by atoms with Crippen molar-refractivity contribution < 1.29 is 9.59 Å². The van der Waals surface area contributed by atoms with Crippen LogP contribution in [-0.4, -0.2) is 36.3 Å². The molecule has 0 aromatic heterocycles. The zero-order valence-electron chi connectivity index (χ0n) is 11.9. The van der Waals surface area contributed by atoms with Crippen molar-refractivity contribution in [3.05, 3.63) is 35.4 Å². The largest absolute Gasteiger partial charge is 0.366 e. The predicted octanol–water partition coefficient (Wildman–Crippen LogP) is 0.742. The second-order valence-electron chi connectivity index (χ2n) is 5.45. The summed E-state index contributed by atoms with van der Waals surface area (Å²) in [6.07, 6.45) is 1.04. The van der Waals surface area contributed by atoms with Crippen LogP contribution in [0.5, 0.6) is 0 Å². The van der Waals surface area contributed by atoms with Gasteiger partial charge in [-0.05, 0) is 36.6 Å². The highest BCUT2D eigenvalue weighted by atomic mass is 16.2. The van der Waals surface area contributed by atoms with Crippen molar-refractivity contribution in [3.63, 3.8) is 0 Å². The lowest BCUT2D eigenvalue weighted by molar-refractivity contribution is -0.133. The minimum absolute atomic E-state index is 0.0788. The molecule has 0 radical (unpaired) electrons. The Bertz CT molecular complexity index is 498. The van der Waals surface area contributed by atoms with E-state index in [2.05, 4.69) is 12.2 Å².